The average Bonchev–Trinajstić information content (AvgIpc) is 2.05. The summed E-state index contributed by atoms with van der Waals surface area (Å²) in [6.07, 6.45) is 3.96. The van der Waals surface area contributed by atoms with Crippen LogP contribution in [-0.2, 0) is 13.0 Å². The number of hydrogen-bond donors (Lipinski definition) is 0. The van der Waals surface area contributed by atoms with Gasteiger partial charge in [-0.15, -0.1) is 0 Å². The van der Waals surface area contributed by atoms with Gasteiger partial charge in [-0.2, -0.15) is 0 Å². The van der Waals surface area contributed by atoms with Gasteiger partial charge in [-0.3, -0.25) is 9.36 Å². The molecule has 0 fully saturated rings. The van der Waals surface area contributed by atoms with Crippen molar-refractivity contribution in [2.75, 3.05) is 0 Å². The molecule has 0 saturated carbocycles. The SMILES string of the molecule is CCc1cncn(CC)c1=O. The van der Waals surface area contributed by atoms with Crippen LogP contribution < -0.4 is 5.56 Å². The third-order valence-corrected chi connectivity index (χ3v) is 1.69. The van der Waals surface area contributed by atoms with E-state index in [1.807, 2.05) is 13.8 Å². The Labute approximate surface area is 65.7 Å². The van der Waals surface area contributed by atoms with E-state index in [4.69, 9.17) is 0 Å². The van der Waals surface area contributed by atoms with E-state index in [0.29, 0.717) is 6.54 Å². The van der Waals surface area contributed by atoms with Crippen molar-refractivity contribution in [3.63, 3.8) is 0 Å². The molecular formula is C8H12N2O. The highest BCUT2D eigenvalue weighted by molar-refractivity contribution is 5.03. The van der Waals surface area contributed by atoms with Gasteiger partial charge in [0.1, 0.15) is 0 Å². The van der Waals surface area contributed by atoms with Crippen LogP contribution in [0.25, 0.3) is 0 Å². The Hall–Kier alpha value is -1.12. The number of nitrogens with zero attached hydrogens (tertiary/aromatic N) is 2. The number of hydrogen-bond acceptors (Lipinski definition) is 2. The molecule has 0 aliphatic heterocycles. The van der Waals surface area contributed by atoms with E-state index in [-0.39, 0.29) is 5.56 Å². The van der Waals surface area contributed by atoms with E-state index in [9.17, 15) is 4.79 Å². The largest absolute Gasteiger partial charge is 0.299 e. The summed E-state index contributed by atoms with van der Waals surface area (Å²) in [6, 6.07) is 0. The third kappa shape index (κ3) is 1.48. The lowest BCUT2D eigenvalue weighted by molar-refractivity contribution is 0.694. The molecule has 0 saturated heterocycles. The van der Waals surface area contributed by atoms with E-state index in [1.54, 1.807) is 17.1 Å². The minimum atomic E-state index is 0.0880. The zero-order valence-electron chi connectivity index (χ0n) is 6.87. The van der Waals surface area contributed by atoms with Crippen LogP contribution in [0.1, 0.15) is 19.4 Å². The van der Waals surface area contributed by atoms with Crippen molar-refractivity contribution >= 4 is 0 Å². The molecule has 1 aromatic heterocycles. The summed E-state index contributed by atoms with van der Waals surface area (Å²) in [7, 11) is 0. The fraction of sp³-hybridized carbons (Fsp3) is 0.500. The van der Waals surface area contributed by atoms with Crippen LogP contribution in [0, 0.1) is 0 Å². The summed E-state index contributed by atoms with van der Waals surface area (Å²) in [5.74, 6) is 0. The van der Waals surface area contributed by atoms with E-state index in [2.05, 4.69) is 4.98 Å². The summed E-state index contributed by atoms with van der Waals surface area (Å²) in [5, 5.41) is 0. The first kappa shape index (κ1) is 7.98. The lowest BCUT2D eigenvalue weighted by atomic mass is 10.3. The standard InChI is InChI=1S/C8H12N2O/c1-3-7-5-9-6-10(4-2)8(7)11/h5-6H,3-4H2,1-2H3. The minimum Gasteiger partial charge on any atom is -0.299 e. The van der Waals surface area contributed by atoms with Crippen molar-refractivity contribution in [2.45, 2.75) is 26.8 Å². The van der Waals surface area contributed by atoms with Gasteiger partial charge in [-0.05, 0) is 13.3 Å². The monoisotopic (exact) mass is 152 g/mol. The van der Waals surface area contributed by atoms with Crippen LogP contribution in [0.4, 0.5) is 0 Å². The highest BCUT2D eigenvalue weighted by Crippen LogP contribution is 1.88. The summed E-state index contributed by atoms with van der Waals surface area (Å²) in [4.78, 5) is 15.3. The van der Waals surface area contributed by atoms with Gasteiger partial charge in [0.15, 0.2) is 0 Å². The van der Waals surface area contributed by atoms with Crippen molar-refractivity contribution in [2.24, 2.45) is 0 Å². The fourth-order valence-corrected chi connectivity index (χ4v) is 0.964. The molecule has 1 rings (SSSR count). The normalized spacial score (nSPS) is 10.0. The fourth-order valence-electron chi connectivity index (χ4n) is 0.964. The van der Waals surface area contributed by atoms with Crippen LogP contribution in [0.2, 0.25) is 0 Å². The number of rotatable bonds is 2. The molecule has 0 atom stereocenters. The molecule has 0 aromatic carbocycles. The van der Waals surface area contributed by atoms with Gasteiger partial charge in [-0.1, -0.05) is 6.92 Å². The van der Waals surface area contributed by atoms with Gasteiger partial charge >= 0.3 is 0 Å². The van der Waals surface area contributed by atoms with E-state index in [0.717, 1.165) is 12.0 Å². The Morgan fingerprint density at radius 1 is 1.55 bits per heavy atom. The maximum Gasteiger partial charge on any atom is 0.256 e. The summed E-state index contributed by atoms with van der Waals surface area (Å²) in [6.45, 7) is 4.58. The van der Waals surface area contributed by atoms with Crippen molar-refractivity contribution < 1.29 is 0 Å². The van der Waals surface area contributed by atoms with Gasteiger partial charge in [0.2, 0.25) is 0 Å². The van der Waals surface area contributed by atoms with E-state index >= 15 is 0 Å². The highest BCUT2D eigenvalue weighted by Gasteiger charge is 1.98. The average molecular weight is 152 g/mol. The molecular weight excluding hydrogens is 140 g/mol. The Kier molecular flexibility index (Phi) is 2.41. The van der Waals surface area contributed by atoms with Gasteiger partial charge in [0.25, 0.3) is 5.56 Å². The summed E-state index contributed by atoms with van der Waals surface area (Å²) < 4.78 is 1.61. The Morgan fingerprint density at radius 3 is 2.82 bits per heavy atom. The molecule has 0 amide bonds. The van der Waals surface area contributed by atoms with Crippen molar-refractivity contribution in [1.29, 1.82) is 0 Å². The Morgan fingerprint density at radius 2 is 2.27 bits per heavy atom. The first-order chi connectivity index (χ1) is 5.29. The quantitative estimate of drug-likeness (QED) is 0.629. The van der Waals surface area contributed by atoms with E-state index < -0.39 is 0 Å². The van der Waals surface area contributed by atoms with Crippen LogP contribution in [0.3, 0.4) is 0 Å². The second-order valence-corrected chi connectivity index (χ2v) is 2.36. The molecule has 0 bridgehead atoms. The van der Waals surface area contributed by atoms with Crippen LogP contribution in [-0.4, -0.2) is 9.55 Å². The van der Waals surface area contributed by atoms with Crippen molar-refractivity contribution in [3.05, 3.63) is 28.4 Å². The Bertz CT molecular complexity index is 265. The molecule has 0 N–H and O–H groups in total. The summed E-state index contributed by atoms with van der Waals surface area (Å²) >= 11 is 0. The zero-order chi connectivity index (χ0) is 8.27. The molecule has 0 aliphatic carbocycles. The summed E-state index contributed by atoms with van der Waals surface area (Å²) in [5.41, 5.74) is 0.874. The van der Waals surface area contributed by atoms with Crippen molar-refractivity contribution in [3.8, 4) is 0 Å². The number of aryl methyl sites for hydroxylation is 2. The lowest BCUT2D eigenvalue weighted by Gasteiger charge is -2.01. The van der Waals surface area contributed by atoms with Crippen LogP contribution in [0.5, 0.6) is 0 Å². The van der Waals surface area contributed by atoms with Gasteiger partial charge in [0.05, 0.1) is 6.33 Å². The minimum absolute atomic E-state index is 0.0880. The first-order valence-electron chi connectivity index (χ1n) is 3.82. The maximum atomic E-state index is 11.4. The lowest BCUT2D eigenvalue weighted by Crippen LogP contribution is -2.22. The second kappa shape index (κ2) is 3.32. The Balaban J connectivity index is 3.21. The molecule has 3 heteroatoms. The maximum absolute atomic E-state index is 11.4. The van der Waals surface area contributed by atoms with Crippen LogP contribution in [0.15, 0.2) is 17.3 Å². The predicted molar refractivity (Wildman–Crippen MR) is 43.5 cm³/mol. The van der Waals surface area contributed by atoms with Crippen molar-refractivity contribution in [1.82, 2.24) is 9.55 Å². The first-order valence-corrected chi connectivity index (χ1v) is 3.82. The molecule has 0 unspecified atom stereocenters. The molecule has 0 spiro atoms. The highest BCUT2D eigenvalue weighted by atomic mass is 16.1. The van der Waals surface area contributed by atoms with Gasteiger partial charge < -0.3 is 0 Å². The van der Waals surface area contributed by atoms with Gasteiger partial charge in [0, 0.05) is 18.3 Å². The third-order valence-electron chi connectivity index (χ3n) is 1.69. The van der Waals surface area contributed by atoms with E-state index in [1.165, 1.54) is 0 Å². The molecule has 1 heterocycles. The smallest absolute Gasteiger partial charge is 0.256 e. The zero-order valence-corrected chi connectivity index (χ0v) is 6.87. The topological polar surface area (TPSA) is 34.9 Å². The van der Waals surface area contributed by atoms with Gasteiger partial charge in [-0.25, -0.2) is 4.98 Å². The molecule has 0 radical (unpaired) electrons. The molecule has 1 aromatic rings. The second-order valence-electron chi connectivity index (χ2n) is 2.36. The predicted octanol–water partition coefficient (Wildman–Crippen LogP) is 0.826. The van der Waals surface area contributed by atoms with Crippen LogP contribution >= 0.6 is 0 Å². The number of aromatic nitrogens is 2. The molecule has 60 valence electrons. The molecule has 0 aliphatic rings. The molecule has 11 heavy (non-hydrogen) atoms. The molecule has 3 nitrogen and oxygen atoms in total.